The molecule has 3 aromatic rings. The third-order valence-electron chi connectivity index (χ3n) is 6.68. The highest BCUT2D eigenvalue weighted by Gasteiger charge is 2.24. The summed E-state index contributed by atoms with van der Waals surface area (Å²) in [4.78, 5) is 44.2. The fourth-order valence-corrected chi connectivity index (χ4v) is 4.65. The van der Waals surface area contributed by atoms with Gasteiger partial charge in [0, 0.05) is 49.2 Å². The number of amides is 3. The van der Waals surface area contributed by atoms with Gasteiger partial charge in [-0.1, -0.05) is 41.4 Å². The van der Waals surface area contributed by atoms with Crippen molar-refractivity contribution < 1.29 is 14.4 Å². The summed E-state index contributed by atoms with van der Waals surface area (Å²) in [5.74, 6) is -0.502. The third kappa shape index (κ3) is 6.53. The largest absolute Gasteiger partial charge is 0.368 e. The zero-order valence-electron chi connectivity index (χ0n) is 22.0. The number of aryl methyl sites for hydroxylation is 1. The molecular formula is C30H33ClN4O3. The van der Waals surface area contributed by atoms with E-state index in [4.69, 9.17) is 11.6 Å². The summed E-state index contributed by atoms with van der Waals surface area (Å²) in [5.41, 5.74) is 3.91. The molecule has 0 unspecified atom stereocenters. The summed E-state index contributed by atoms with van der Waals surface area (Å²) in [6, 6.07) is 22.0. The van der Waals surface area contributed by atoms with Gasteiger partial charge in [-0.15, -0.1) is 0 Å². The number of rotatable bonds is 7. The molecule has 0 aliphatic carbocycles. The van der Waals surface area contributed by atoms with E-state index in [1.165, 1.54) is 4.90 Å². The van der Waals surface area contributed by atoms with E-state index in [-0.39, 0.29) is 30.3 Å². The van der Waals surface area contributed by atoms with Crippen LogP contribution in [-0.4, -0.2) is 66.3 Å². The Hall–Kier alpha value is -3.84. The van der Waals surface area contributed by atoms with Crippen LogP contribution in [0.3, 0.4) is 0 Å². The molecule has 1 aliphatic rings. The Labute approximate surface area is 229 Å². The van der Waals surface area contributed by atoms with E-state index in [9.17, 15) is 14.4 Å². The van der Waals surface area contributed by atoms with Gasteiger partial charge in [-0.2, -0.15) is 0 Å². The Bertz CT molecular complexity index is 1280. The number of anilines is 2. The van der Waals surface area contributed by atoms with Gasteiger partial charge in [0.15, 0.2) is 0 Å². The number of hydrogen-bond acceptors (Lipinski definition) is 4. The van der Waals surface area contributed by atoms with Crippen LogP contribution in [0.2, 0.25) is 5.02 Å². The lowest BCUT2D eigenvalue weighted by Crippen LogP contribution is -2.48. The molecule has 3 aromatic carbocycles. The van der Waals surface area contributed by atoms with E-state index in [1.807, 2.05) is 74.2 Å². The Morgan fingerprint density at radius 1 is 0.895 bits per heavy atom. The number of carbonyl (C=O) groups is 3. The molecule has 4 rings (SSSR count). The summed E-state index contributed by atoms with van der Waals surface area (Å²) in [5, 5.41) is 3.25. The van der Waals surface area contributed by atoms with Gasteiger partial charge in [-0.25, -0.2) is 0 Å². The minimum atomic E-state index is -0.282. The van der Waals surface area contributed by atoms with Crippen LogP contribution in [0.25, 0.3) is 0 Å². The van der Waals surface area contributed by atoms with Crippen molar-refractivity contribution in [1.29, 1.82) is 0 Å². The highest BCUT2D eigenvalue weighted by molar-refractivity contribution is 6.33. The number of benzene rings is 3. The molecule has 198 valence electrons. The molecule has 1 N–H and O–H groups in total. The Kier molecular flexibility index (Phi) is 8.69. The predicted octanol–water partition coefficient (Wildman–Crippen LogP) is 5.10. The van der Waals surface area contributed by atoms with Gasteiger partial charge in [-0.3, -0.25) is 14.4 Å². The second kappa shape index (κ2) is 12.1. The molecule has 0 radical (unpaired) electrons. The molecule has 1 saturated heterocycles. The molecule has 38 heavy (non-hydrogen) atoms. The molecule has 3 amide bonds. The topological polar surface area (TPSA) is 73.0 Å². The highest BCUT2D eigenvalue weighted by atomic mass is 35.5. The molecule has 7 nitrogen and oxygen atoms in total. The third-order valence-corrected chi connectivity index (χ3v) is 7.01. The van der Waals surface area contributed by atoms with Crippen molar-refractivity contribution in [1.82, 2.24) is 9.80 Å². The molecule has 0 aromatic heterocycles. The molecule has 1 fully saturated rings. The molecule has 1 heterocycles. The average molecular weight is 533 g/mol. The molecule has 0 saturated carbocycles. The van der Waals surface area contributed by atoms with Crippen molar-refractivity contribution in [3.05, 3.63) is 94.5 Å². The van der Waals surface area contributed by atoms with Gasteiger partial charge in [0.1, 0.15) is 6.54 Å². The fraction of sp³-hybridized carbons (Fsp3) is 0.300. The summed E-state index contributed by atoms with van der Waals surface area (Å²) in [6.45, 7) is 8.42. The maximum Gasteiger partial charge on any atom is 0.256 e. The Balaban J connectivity index is 1.31. The summed E-state index contributed by atoms with van der Waals surface area (Å²) < 4.78 is 0. The first-order chi connectivity index (χ1) is 18.2. The van der Waals surface area contributed by atoms with Gasteiger partial charge in [0.25, 0.3) is 11.8 Å². The molecule has 0 atom stereocenters. The Morgan fingerprint density at radius 2 is 1.53 bits per heavy atom. The number of piperazine rings is 1. The van der Waals surface area contributed by atoms with Crippen molar-refractivity contribution in [2.45, 2.75) is 26.8 Å². The van der Waals surface area contributed by atoms with Crippen LogP contribution in [0.15, 0.2) is 72.8 Å². The maximum atomic E-state index is 13.0. The van der Waals surface area contributed by atoms with Crippen LogP contribution < -0.4 is 10.2 Å². The molecule has 0 bridgehead atoms. The molecular weight excluding hydrogens is 500 g/mol. The lowest BCUT2D eigenvalue weighted by Gasteiger charge is -2.36. The number of carbonyl (C=O) groups excluding carboxylic acids is 3. The maximum absolute atomic E-state index is 13.0. The number of nitrogens with one attached hydrogen (secondary N) is 1. The zero-order valence-corrected chi connectivity index (χ0v) is 22.7. The van der Waals surface area contributed by atoms with Gasteiger partial charge in [0.05, 0.1) is 10.6 Å². The van der Waals surface area contributed by atoms with Crippen molar-refractivity contribution in [3.63, 3.8) is 0 Å². The normalized spacial score (nSPS) is 13.4. The van der Waals surface area contributed by atoms with Crippen molar-refractivity contribution in [2.24, 2.45) is 0 Å². The lowest BCUT2D eigenvalue weighted by atomic mass is 10.1. The summed E-state index contributed by atoms with van der Waals surface area (Å²) in [6.07, 6.45) is 0. The van der Waals surface area contributed by atoms with Gasteiger partial charge in [0.2, 0.25) is 5.91 Å². The van der Waals surface area contributed by atoms with E-state index in [0.717, 1.165) is 24.3 Å². The molecule has 8 heteroatoms. The number of nitrogens with zero attached hydrogens (tertiary/aromatic N) is 3. The quantitative estimate of drug-likeness (QED) is 0.459. The number of halogens is 1. The van der Waals surface area contributed by atoms with Crippen LogP contribution in [0.4, 0.5) is 11.4 Å². The van der Waals surface area contributed by atoms with Crippen LogP contribution >= 0.6 is 11.6 Å². The number of hydrogen-bond donors (Lipinski definition) is 1. The van der Waals surface area contributed by atoms with Crippen molar-refractivity contribution in [3.8, 4) is 0 Å². The SMILES string of the molecule is Cc1ccc(C(=O)N2CCN(c3ccc(NC(=O)CN(C(=O)c4ccccc4Cl)C(C)C)cc3)CC2)cc1. The van der Waals surface area contributed by atoms with Gasteiger partial charge < -0.3 is 20.0 Å². The average Bonchev–Trinajstić information content (AvgIpc) is 2.92. The van der Waals surface area contributed by atoms with Crippen LogP contribution in [0.1, 0.15) is 40.1 Å². The molecule has 1 aliphatic heterocycles. The Morgan fingerprint density at radius 3 is 2.13 bits per heavy atom. The van der Waals surface area contributed by atoms with Gasteiger partial charge in [-0.05, 0) is 69.3 Å². The first-order valence-electron chi connectivity index (χ1n) is 12.8. The van der Waals surface area contributed by atoms with Crippen LogP contribution in [0.5, 0.6) is 0 Å². The molecule has 0 spiro atoms. The van der Waals surface area contributed by atoms with E-state index in [1.54, 1.807) is 24.3 Å². The van der Waals surface area contributed by atoms with E-state index >= 15 is 0 Å². The van der Waals surface area contributed by atoms with Crippen LogP contribution in [0, 0.1) is 6.92 Å². The van der Waals surface area contributed by atoms with Gasteiger partial charge >= 0.3 is 0 Å². The predicted molar refractivity (Wildman–Crippen MR) is 152 cm³/mol. The second-order valence-electron chi connectivity index (χ2n) is 9.75. The van der Waals surface area contributed by atoms with E-state index in [0.29, 0.717) is 34.9 Å². The fourth-order valence-electron chi connectivity index (χ4n) is 4.44. The van der Waals surface area contributed by atoms with Crippen molar-refractivity contribution >= 4 is 40.7 Å². The minimum absolute atomic E-state index is 0.0613. The van der Waals surface area contributed by atoms with Crippen LogP contribution in [-0.2, 0) is 4.79 Å². The summed E-state index contributed by atoms with van der Waals surface area (Å²) in [7, 11) is 0. The first-order valence-corrected chi connectivity index (χ1v) is 13.2. The lowest BCUT2D eigenvalue weighted by molar-refractivity contribution is -0.117. The minimum Gasteiger partial charge on any atom is -0.368 e. The monoisotopic (exact) mass is 532 g/mol. The smallest absolute Gasteiger partial charge is 0.256 e. The van der Waals surface area contributed by atoms with E-state index < -0.39 is 0 Å². The van der Waals surface area contributed by atoms with Crippen molar-refractivity contribution in [2.75, 3.05) is 42.9 Å². The first kappa shape index (κ1) is 27.2. The second-order valence-corrected chi connectivity index (χ2v) is 10.2. The zero-order chi connectivity index (χ0) is 27.2. The highest BCUT2D eigenvalue weighted by Crippen LogP contribution is 2.21. The standard InChI is InChI=1S/C30H33ClN4O3/c1-21(2)35(30(38)26-6-4-5-7-27(26)31)20-28(36)32-24-12-14-25(15-13-24)33-16-18-34(19-17-33)29(37)23-10-8-22(3)9-11-23/h4-15,21H,16-20H2,1-3H3,(H,32,36). The summed E-state index contributed by atoms with van der Waals surface area (Å²) >= 11 is 6.20. The van der Waals surface area contributed by atoms with E-state index in [2.05, 4.69) is 10.2 Å².